The number of esters is 1. The molecule has 1 aliphatic heterocycles. The molecule has 3 aromatic rings. The second-order valence-corrected chi connectivity index (χ2v) is 10.3. The molecule has 0 saturated heterocycles. The van der Waals surface area contributed by atoms with Crippen LogP contribution in [0.15, 0.2) is 81.5 Å². The number of nitrogens with zero attached hydrogens (tertiary/aromatic N) is 1. The van der Waals surface area contributed by atoms with Gasteiger partial charge in [0.15, 0.2) is 17.7 Å². The number of aliphatic hydroxyl groups excluding tert-OH is 1. The normalized spacial score (nSPS) is 15.3. The van der Waals surface area contributed by atoms with Gasteiger partial charge in [-0.3, -0.25) is 5.43 Å². The van der Waals surface area contributed by atoms with E-state index in [4.69, 9.17) is 18.9 Å². The van der Waals surface area contributed by atoms with E-state index in [1.165, 1.54) is 19.4 Å². The molecule has 4 N–H and O–H groups in total. The molecule has 2 amide bonds. The SMILES string of the molecule is CCOc1cc([C@@H]2NC(=O)NC(C)=C2C(=O)OC)ccc1OC[C@H](O)N/N=C\c1ccc(OCc2ccccc2F)c(Br)c1. The first-order valence-electron chi connectivity index (χ1n) is 13.6. The molecule has 0 saturated carbocycles. The third-order valence-electron chi connectivity index (χ3n) is 6.41. The maximum absolute atomic E-state index is 13.8. The van der Waals surface area contributed by atoms with Crippen molar-refractivity contribution in [2.24, 2.45) is 5.10 Å². The van der Waals surface area contributed by atoms with Crippen LogP contribution in [0, 0.1) is 5.82 Å². The number of methoxy groups -OCH3 is 1. The van der Waals surface area contributed by atoms with Gasteiger partial charge < -0.3 is 34.7 Å². The minimum Gasteiger partial charge on any atom is -0.490 e. The maximum atomic E-state index is 13.8. The van der Waals surface area contributed by atoms with E-state index in [9.17, 15) is 19.1 Å². The Morgan fingerprint density at radius 1 is 1.11 bits per heavy atom. The number of halogens is 2. The van der Waals surface area contributed by atoms with Gasteiger partial charge in [-0.1, -0.05) is 24.3 Å². The Hall–Kier alpha value is -4.62. The molecule has 13 heteroatoms. The van der Waals surface area contributed by atoms with Gasteiger partial charge in [0, 0.05) is 11.3 Å². The summed E-state index contributed by atoms with van der Waals surface area (Å²) in [5.74, 6) is 0.331. The fourth-order valence-electron chi connectivity index (χ4n) is 4.31. The minimum absolute atomic E-state index is 0.0834. The van der Waals surface area contributed by atoms with Gasteiger partial charge in [0.25, 0.3) is 0 Å². The summed E-state index contributed by atoms with van der Waals surface area (Å²) in [4.78, 5) is 24.6. The lowest BCUT2D eigenvalue weighted by Crippen LogP contribution is -2.45. The van der Waals surface area contributed by atoms with Crippen molar-refractivity contribution in [3.8, 4) is 17.2 Å². The van der Waals surface area contributed by atoms with Crippen LogP contribution in [-0.2, 0) is 16.1 Å². The molecule has 232 valence electrons. The van der Waals surface area contributed by atoms with Crippen molar-refractivity contribution >= 4 is 34.1 Å². The predicted molar refractivity (Wildman–Crippen MR) is 164 cm³/mol. The number of nitrogens with one attached hydrogen (secondary N) is 3. The monoisotopic (exact) mass is 670 g/mol. The van der Waals surface area contributed by atoms with E-state index in [0.717, 1.165) is 0 Å². The second kappa shape index (κ2) is 15.2. The lowest BCUT2D eigenvalue weighted by Gasteiger charge is -2.28. The molecule has 0 aromatic heterocycles. The summed E-state index contributed by atoms with van der Waals surface area (Å²) >= 11 is 3.45. The standard InChI is InChI=1S/C31H32BrFN4O7/c1-4-42-26-14-20(29-28(30(39)41-3)18(2)35-31(40)36-29)10-12-25(26)44-17-27(38)37-34-15-19-9-11-24(22(32)13-19)43-16-21-7-5-6-8-23(21)33/h5-15,27,29,37-38H,4,16-17H2,1-3H3,(H2,35,36,40)/b34-15-/t27-,29-/m0/s1. The molecule has 4 rings (SSSR count). The summed E-state index contributed by atoms with van der Waals surface area (Å²) in [7, 11) is 1.27. The van der Waals surface area contributed by atoms with Crippen LogP contribution in [0.4, 0.5) is 9.18 Å². The molecule has 1 aliphatic rings. The van der Waals surface area contributed by atoms with Gasteiger partial charge >= 0.3 is 12.0 Å². The Bertz CT molecular complexity index is 1570. The predicted octanol–water partition coefficient (Wildman–Crippen LogP) is 4.69. The van der Waals surface area contributed by atoms with Crippen molar-refractivity contribution in [3.63, 3.8) is 0 Å². The molecule has 0 spiro atoms. The number of benzene rings is 3. The largest absolute Gasteiger partial charge is 0.490 e. The molecule has 0 bridgehead atoms. The maximum Gasteiger partial charge on any atom is 0.337 e. The number of hydrogen-bond donors (Lipinski definition) is 4. The number of carbonyl (C=O) groups is 2. The molecule has 44 heavy (non-hydrogen) atoms. The number of hydrazone groups is 1. The van der Waals surface area contributed by atoms with Gasteiger partial charge in [-0.25, -0.2) is 14.0 Å². The van der Waals surface area contributed by atoms with E-state index < -0.39 is 24.3 Å². The first kappa shape index (κ1) is 32.3. The van der Waals surface area contributed by atoms with Gasteiger partial charge in [0.2, 0.25) is 0 Å². The van der Waals surface area contributed by atoms with Crippen molar-refractivity contribution in [1.82, 2.24) is 16.1 Å². The van der Waals surface area contributed by atoms with Crippen LogP contribution in [0.5, 0.6) is 17.2 Å². The van der Waals surface area contributed by atoms with Crippen LogP contribution in [-0.4, -0.2) is 49.9 Å². The Balaban J connectivity index is 1.35. The number of aliphatic hydroxyl groups is 1. The highest BCUT2D eigenvalue weighted by atomic mass is 79.9. The average molecular weight is 672 g/mol. The summed E-state index contributed by atoms with van der Waals surface area (Å²) < 4.78 is 36.6. The first-order valence-corrected chi connectivity index (χ1v) is 14.4. The fourth-order valence-corrected chi connectivity index (χ4v) is 4.82. The zero-order chi connectivity index (χ0) is 31.6. The summed E-state index contributed by atoms with van der Waals surface area (Å²) in [6.07, 6.45) is 0.351. The van der Waals surface area contributed by atoms with Gasteiger partial charge in [0.05, 0.1) is 36.0 Å². The lowest BCUT2D eigenvalue weighted by atomic mass is 9.95. The Morgan fingerprint density at radius 3 is 2.61 bits per heavy atom. The summed E-state index contributed by atoms with van der Waals surface area (Å²) in [5.41, 5.74) is 4.98. The van der Waals surface area contributed by atoms with E-state index >= 15 is 0 Å². The van der Waals surface area contributed by atoms with Crippen LogP contribution in [0.25, 0.3) is 0 Å². The fraction of sp³-hybridized carbons (Fsp3) is 0.258. The van der Waals surface area contributed by atoms with Crippen LogP contribution in [0.2, 0.25) is 0 Å². The van der Waals surface area contributed by atoms with Crippen molar-refractivity contribution in [2.45, 2.75) is 32.7 Å². The Morgan fingerprint density at radius 2 is 1.89 bits per heavy atom. The third-order valence-corrected chi connectivity index (χ3v) is 7.03. The van der Waals surface area contributed by atoms with E-state index in [-0.39, 0.29) is 24.6 Å². The molecular weight excluding hydrogens is 639 g/mol. The Kier molecular flexibility index (Phi) is 11.2. The minimum atomic E-state index is -1.16. The number of hydrogen-bond acceptors (Lipinski definition) is 9. The topological polar surface area (TPSA) is 140 Å². The number of carbonyl (C=O) groups excluding carboxylic acids is 2. The van der Waals surface area contributed by atoms with E-state index in [0.29, 0.717) is 50.7 Å². The molecule has 2 atom stereocenters. The van der Waals surface area contributed by atoms with Crippen LogP contribution in [0.3, 0.4) is 0 Å². The van der Waals surface area contributed by atoms with Crippen molar-refractivity contribution in [1.29, 1.82) is 0 Å². The van der Waals surface area contributed by atoms with Gasteiger partial charge in [-0.2, -0.15) is 5.10 Å². The number of amides is 2. The smallest absolute Gasteiger partial charge is 0.337 e. The van der Waals surface area contributed by atoms with Crippen LogP contribution in [0.1, 0.15) is 36.6 Å². The third kappa shape index (κ3) is 8.26. The van der Waals surface area contributed by atoms with Crippen molar-refractivity contribution in [3.05, 3.63) is 98.9 Å². The zero-order valence-electron chi connectivity index (χ0n) is 24.2. The number of rotatable bonds is 13. The highest BCUT2D eigenvalue weighted by molar-refractivity contribution is 9.10. The van der Waals surface area contributed by atoms with Crippen molar-refractivity contribution < 1.29 is 38.0 Å². The highest BCUT2D eigenvalue weighted by Crippen LogP contribution is 2.35. The molecule has 1 heterocycles. The quantitative estimate of drug-likeness (QED) is 0.0889. The van der Waals surface area contributed by atoms with Gasteiger partial charge in [0.1, 0.15) is 24.8 Å². The molecular formula is C31H32BrFN4O7. The zero-order valence-corrected chi connectivity index (χ0v) is 25.8. The van der Waals surface area contributed by atoms with Crippen molar-refractivity contribution in [2.75, 3.05) is 20.3 Å². The molecule has 11 nitrogen and oxygen atoms in total. The van der Waals surface area contributed by atoms with Crippen LogP contribution < -0.4 is 30.3 Å². The summed E-state index contributed by atoms with van der Waals surface area (Å²) in [6.45, 7) is 3.66. The van der Waals surface area contributed by atoms with Gasteiger partial charge in [-0.05, 0) is 77.3 Å². The van der Waals surface area contributed by atoms with Gasteiger partial charge in [-0.15, -0.1) is 0 Å². The molecule has 0 radical (unpaired) electrons. The molecule has 0 unspecified atom stereocenters. The highest BCUT2D eigenvalue weighted by Gasteiger charge is 2.32. The molecule has 3 aromatic carbocycles. The molecule has 0 aliphatic carbocycles. The van der Waals surface area contributed by atoms with E-state index in [1.807, 2.05) is 0 Å². The summed E-state index contributed by atoms with van der Waals surface area (Å²) in [5, 5.41) is 19.8. The second-order valence-electron chi connectivity index (χ2n) is 9.48. The number of urea groups is 1. The molecule has 0 fully saturated rings. The van der Waals surface area contributed by atoms with E-state index in [2.05, 4.69) is 37.1 Å². The first-order chi connectivity index (χ1) is 21.2. The lowest BCUT2D eigenvalue weighted by molar-refractivity contribution is -0.136. The number of ether oxygens (including phenoxy) is 4. The van der Waals surface area contributed by atoms with Crippen LogP contribution >= 0.6 is 15.9 Å². The average Bonchev–Trinajstić information content (AvgIpc) is 3.00. The van der Waals surface area contributed by atoms with E-state index in [1.54, 1.807) is 68.4 Å². The Labute approximate surface area is 262 Å². The summed E-state index contributed by atoms with van der Waals surface area (Å²) in [6, 6.07) is 15.4. The number of allylic oxidation sites excluding steroid dienone is 1.